The quantitative estimate of drug-likeness (QED) is 0.915. The SMILES string of the molecule is Cc1cc(N2CCCC(CCC(=O)O)C2)ccc1C#N. The molecule has 1 unspecified atom stereocenters. The van der Waals surface area contributed by atoms with Crippen LogP contribution in [0.4, 0.5) is 5.69 Å². The highest BCUT2D eigenvalue weighted by Gasteiger charge is 2.21. The van der Waals surface area contributed by atoms with E-state index in [1.54, 1.807) is 0 Å². The smallest absolute Gasteiger partial charge is 0.303 e. The fourth-order valence-corrected chi connectivity index (χ4v) is 2.83. The van der Waals surface area contributed by atoms with Crippen molar-refractivity contribution in [1.29, 1.82) is 5.26 Å². The molecule has 1 aromatic rings. The predicted molar refractivity (Wildman–Crippen MR) is 77.7 cm³/mol. The molecule has 0 amide bonds. The van der Waals surface area contributed by atoms with E-state index in [0.717, 1.165) is 43.6 Å². The van der Waals surface area contributed by atoms with Gasteiger partial charge in [-0.2, -0.15) is 5.26 Å². The molecule has 1 aliphatic heterocycles. The Bertz CT molecular complexity index is 534. The summed E-state index contributed by atoms with van der Waals surface area (Å²) in [7, 11) is 0. The number of benzene rings is 1. The molecule has 1 N–H and O–H groups in total. The number of hydrogen-bond donors (Lipinski definition) is 1. The van der Waals surface area contributed by atoms with Gasteiger partial charge in [0.15, 0.2) is 0 Å². The normalized spacial score (nSPS) is 18.6. The van der Waals surface area contributed by atoms with Crippen LogP contribution in [0.25, 0.3) is 0 Å². The average molecular weight is 272 g/mol. The van der Waals surface area contributed by atoms with Crippen molar-refractivity contribution in [2.75, 3.05) is 18.0 Å². The van der Waals surface area contributed by atoms with Gasteiger partial charge in [-0.15, -0.1) is 0 Å². The molecule has 0 saturated carbocycles. The van der Waals surface area contributed by atoms with Crippen LogP contribution in [0.15, 0.2) is 18.2 Å². The molecule has 1 heterocycles. The van der Waals surface area contributed by atoms with E-state index in [4.69, 9.17) is 10.4 Å². The first-order chi connectivity index (χ1) is 9.60. The molecule has 0 bridgehead atoms. The number of aliphatic carboxylic acids is 1. The van der Waals surface area contributed by atoms with Crippen molar-refractivity contribution in [2.45, 2.75) is 32.6 Å². The minimum absolute atomic E-state index is 0.255. The van der Waals surface area contributed by atoms with Gasteiger partial charge in [-0.1, -0.05) is 0 Å². The van der Waals surface area contributed by atoms with Crippen molar-refractivity contribution < 1.29 is 9.90 Å². The number of carbonyl (C=O) groups is 1. The monoisotopic (exact) mass is 272 g/mol. The molecule has 0 spiro atoms. The van der Waals surface area contributed by atoms with Crippen LogP contribution >= 0.6 is 0 Å². The van der Waals surface area contributed by atoms with E-state index in [1.165, 1.54) is 0 Å². The standard InChI is InChI=1S/C16H20N2O2/c1-12-9-15(6-5-14(12)10-17)18-8-2-3-13(11-18)4-7-16(19)20/h5-6,9,13H,2-4,7-8,11H2,1H3,(H,19,20). The van der Waals surface area contributed by atoms with Gasteiger partial charge in [0, 0.05) is 25.2 Å². The van der Waals surface area contributed by atoms with Crippen LogP contribution < -0.4 is 4.90 Å². The largest absolute Gasteiger partial charge is 0.481 e. The summed E-state index contributed by atoms with van der Waals surface area (Å²) < 4.78 is 0. The third-order valence-electron chi connectivity index (χ3n) is 3.98. The molecule has 4 heteroatoms. The van der Waals surface area contributed by atoms with Crippen LogP contribution in [0.2, 0.25) is 0 Å². The zero-order valence-electron chi connectivity index (χ0n) is 11.8. The molecule has 1 aliphatic rings. The van der Waals surface area contributed by atoms with Crippen LogP contribution in [0.5, 0.6) is 0 Å². The highest BCUT2D eigenvalue weighted by molar-refractivity contribution is 5.66. The Morgan fingerprint density at radius 3 is 3.00 bits per heavy atom. The fraction of sp³-hybridized carbons (Fsp3) is 0.500. The number of rotatable bonds is 4. The summed E-state index contributed by atoms with van der Waals surface area (Å²) >= 11 is 0. The lowest BCUT2D eigenvalue weighted by Crippen LogP contribution is -2.35. The number of nitriles is 1. The maximum absolute atomic E-state index is 10.7. The van der Waals surface area contributed by atoms with Gasteiger partial charge in [-0.25, -0.2) is 0 Å². The van der Waals surface area contributed by atoms with Crippen LogP contribution in [-0.2, 0) is 4.79 Å². The maximum Gasteiger partial charge on any atom is 0.303 e. The molecule has 0 radical (unpaired) electrons. The zero-order valence-corrected chi connectivity index (χ0v) is 11.8. The van der Waals surface area contributed by atoms with E-state index < -0.39 is 5.97 Å². The molecule has 4 nitrogen and oxygen atoms in total. The number of piperidine rings is 1. The lowest BCUT2D eigenvalue weighted by atomic mass is 9.93. The molecule has 1 aromatic carbocycles. The Kier molecular flexibility index (Phi) is 4.62. The van der Waals surface area contributed by atoms with Crippen LogP contribution in [0.1, 0.15) is 36.8 Å². The van der Waals surface area contributed by atoms with Gasteiger partial charge in [0.05, 0.1) is 11.6 Å². The van der Waals surface area contributed by atoms with Gasteiger partial charge < -0.3 is 10.0 Å². The minimum Gasteiger partial charge on any atom is -0.481 e. The first-order valence-corrected chi connectivity index (χ1v) is 7.07. The second-order valence-electron chi connectivity index (χ2n) is 5.50. The Morgan fingerprint density at radius 1 is 1.55 bits per heavy atom. The van der Waals surface area contributed by atoms with E-state index in [-0.39, 0.29) is 6.42 Å². The Labute approximate surface area is 119 Å². The summed E-state index contributed by atoms with van der Waals surface area (Å²) in [6.07, 6.45) is 3.22. The molecule has 106 valence electrons. The molecule has 1 atom stereocenters. The third kappa shape index (κ3) is 3.51. The van der Waals surface area contributed by atoms with Gasteiger partial charge in [-0.3, -0.25) is 4.79 Å². The lowest BCUT2D eigenvalue weighted by molar-refractivity contribution is -0.137. The number of aryl methyl sites for hydroxylation is 1. The first-order valence-electron chi connectivity index (χ1n) is 7.07. The summed E-state index contributed by atoms with van der Waals surface area (Å²) in [6.45, 7) is 3.88. The van der Waals surface area contributed by atoms with E-state index in [9.17, 15) is 4.79 Å². The van der Waals surface area contributed by atoms with Gasteiger partial charge in [0.1, 0.15) is 0 Å². The molecular weight excluding hydrogens is 252 g/mol. The van der Waals surface area contributed by atoms with Gasteiger partial charge >= 0.3 is 5.97 Å². The second-order valence-corrected chi connectivity index (χ2v) is 5.50. The number of carboxylic acids is 1. The van der Waals surface area contributed by atoms with Crippen molar-refractivity contribution >= 4 is 11.7 Å². The van der Waals surface area contributed by atoms with Crippen LogP contribution in [0.3, 0.4) is 0 Å². The minimum atomic E-state index is -0.712. The molecule has 2 rings (SSSR count). The summed E-state index contributed by atoms with van der Waals surface area (Å²) in [5.41, 5.74) is 2.85. The molecule has 1 fully saturated rings. The number of anilines is 1. The maximum atomic E-state index is 10.7. The van der Waals surface area contributed by atoms with Gasteiger partial charge in [0.25, 0.3) is 0 Å². The van der Waals surface area contributed by atoms with E-state index in [2.05, 4.69) is 17.0 Å². The predicted octanol–water partition coefficient (Wildman–Crippen LogP) is 2.95. The molecule has 20 heavy (non-hydrogen) atoms. The molecular formula is C16H20N2O2. The zero-order chi connectivity index (χ0) is 14.5. The highest BCUT2D eigenvalue weighted by Crippen LogP contribution is 2.27. The second kappa shape index (κ2) is 6.42. The van der Waals surface area contributed by atoms with Crippen molar-refractivity contribution in [3.05, 3.63) is 29.3 Å². The number of carboxylic acid groups (broad SMARTS) is 1. The Morgan fingerprint density at radius 2 is 2.35 bits per heavy atom. The Hall–Kier alpha value is -2.02. The molecule has 0 aromatic heterocycles. The van der Waals surface area contributed by atoms with Gasteiger partial charge in [0.2, 0.25) is 0 Å². The fourth-order valence-electron chi connectivity index (χ4n) is 2.83. The van der Waals surface area contributed by atoms with Crippen molar-refractivity contribution in [2.24, 2.45) is 5.92 Å². The van der Waals surface area contributed by atoms with Crippen molar-refractivity contribution in [1.82, 2.24) is 0 Å². The molecule has 1 saturated heterocycles. The summed E-state index contributed by atoms with van der Waals surface area (Å²) in [5.74, 6) is -0.257. The lowest BCUT2D eigenvalue weighted by Gasteiger charge is -2.34. The highest BCUT2D eigenvalue weighted by atomic mass is 16.4. The van der Waals surface area contributed by atoms with Crippen molar-refractivity contribution in [3.63, 3.8) is 0 Å². The first kappa shape index (κ1) is 14.4. The average Bonchev–Trinajstić information content (AvgIpc) is 2.45. The van der Waals surface area contributed by atoms with Gasteiger partial charge in [-0.05, 0) is 55.9 Å². The van der Waals surface area contributed by atoms with Crippen LogP contribution in [0, 0.1) is 24.2 Å². The van der Waals surface area contributed by atoms with Crippen molar-refractivity contribution in [3.8, 4) is 6.07 Å². The third-order valence-corrected chi connectivity index (χ3v) is 3.98. The number of hydrogen-bond acceptors (Lipinski definition) is 3. The number of nitrogens with zero attached hydrogens (tertiary/aromatic N) is 2. The molecule has 0 aliphatic carbocycles. The topological polar surface area (TPSA) is 64.3 Å². The summed E-state index contributed by atoms with van der Waals surface area (Å²) in [6, 6.07) is 8.09. The Balaban J connectivity index is 2.03. The summed E-state index contributed by atoms with van der Waals surface area (Å²) in [5, 5.41) is 17.7. The van der Waals surface area contributed by atoms with Crippen LogP contribution in [-0.4, -0.2) is 24.2 Å². The van der Waals surface area contributed by atoms with E-state index >= 15 is 0 Å². The van der Waals surface area contributed by atoms with E-state index in [0.29, 0.717) is 11.5 Å². The summed E-state index contributed by atoms with van der Waals surface area (Å²) in [4.78, 5) is 13.0. The van der Waals surface area contributed by atoms with E-state index in [1.807, 2.05) is 19.1 Å².